The molecule has 1 aliphatic rings. The van der Waals surface area contributed by atoms with E-state index in [1.807, 2.05) is 0 Å². The Bertz CT molecular complexity index is 474. The molecule has 0 radical (unpaired) electrons. The summed E-state index contributed by atoms with van der Waals surface area (Å²) in [5.41, 5.74) is 2.64. The van der Waals surface area contributed by atoms with Crippen LogP contribution in [0, 0.1) is 0 Å². The average Bonchev–Trinajstić information content (AvgIpc) is 2.51. The highest BCUT2D eigenvalue weighted by molar-refractivity contribution is 6.24. The van der Waals surface area contributed by atoms with Crippen LogP contribution in [0.5, 0.6) is 0 Å². The Morgan fingerprint density at radius 1 is 1.33 bits per heavy atom. The van der Waals surface area contributed by atoms with Gasteiger partial charge < -0.3 is 0 Å². The van der Waals surface area contributed by atoms with Gasteiger partial charge in [0.15, 0.2) is 5.00 Å². The molecule has 2 rings (SSSR count). The second-order valence-electron chi connectivity index (χ2n) is 4.23. The first-order valence-electron chi connectivity index (χ1n) is 5.08. The van der Waals surface area contributed by atoms with E-state index in [1.165, 1.54) is 19.2 Å². The molecule has 18 heavy (non-hydrogen) atoms. The minimum absolute atomic E-state index is 0.111. The lowest BCUT2D eigenvalue weighted by atomic mass is 9.85. The smallest absolute Gasteiger partial charge is 0.297 e. The fourth-order valence-corrected chi connectivity index (χ4v) is 2.28. The Kier molecular flexibility index (Phi) is 2.86. The highest BCUT2D eigenvalue weighted by atomic mass is 35.5. The minimum Gasteiger partial charge on any atom is -0.297 e. The van der Waals surface area contributed by atoms with Gasteiger partial charge in [0, 0.05) is 6.20 Å². The summed E-state index contributed by atoms with van der Waals surface area (Å²) in [4.78, 5) is 2.31. The Balaban J connectivity index is 2.54. The van der Waals surface area contributed by atoms with Gasteiger partial charge in [-0.15, -0.1) is 0 Å². The zero-order chi connectivity index (χ0) is 13.6. The number of halogens is 4. The molecule has 1 aromatic rings. The third-order valence-electron chi connectivity index (χ3n) is 2.82. The molecule has 3 unspecified atom stereocenters. The predicted molar refractivity (Wildman–Crippen MR) is 59.1 cm³/mol. The van der Waals surface area contributed by atoms with E-state index in [4.69, 9.17) is 17.3 Å². The summed E-state index contributed by atoms with van der Waals surface area (Å²) in [6, 6.07) is 4.57. The summed E-state index contributed by atoms with van der Waals surface area (Å²) >= 11 is 5.98. The molecule has 4 nitrogen and oxygen atoms in total. The van der Waals surface area contributed by atoms with Gasteiger partial charge in [0.25, 0.3) is 0 Å². The Hall–Kier alpha value is -1.21. The highest BCUT2D eigenvalue weighted by Gasteiger charge is 2.67. The topological polar surface area (TPSA) is 63.6 Å². The summed E-state index contributed by atoms with van der Waals surface area (Å²) in [5, 5.41) is 6.61. The van der Waals surface area contributed by atoms with E-state index in [0.717, 1.165) is 0 Å². The number of rotatable bonds is 1. The zero-order valence-corrected chi connectivity index (χ0v) is 10.1. The first kappa shape index (κ1) is 13.2. The van der Waals surface area contributed by atoms with E-state index in [-0.39, 0.29) is 5.69 Å². The number of alkyl halides is 4. The molecule has 98 valence electrons. The Morgan fingerprint density at radius 3 is 2.50 bits per heavy atom. The maximum Gasteiger partial charge on any atom is 0.429 e. The lowest BCUT2D eigenvalue weighted by molar-refractivity contribution is -0.189. The van der Waals surface area contributed by atoms with Gasteiger partial charge in [0.05, 0.1) is 11.6 Å². The molecule has 0 saturated heterocycles. The fourth-order valence-electron chi connectivity index (χ4n) is 1.96. The van der Waals surface area contributed by atoms with E-state index in [9.17, 15) is 13.2 Å². The molecule has 2 heterocycles. The van der Waals surface area contributed by atoms with Gasteiger partial charge in [0.2, 0.25) is 5.66 Å². The standard InChI is InChI=1S/C10H10ClF3N4/c1-8(11)7(6-4-2-3-5-16-6)9(15,18-17-8)10(12,13)14/h2-5,7H,15H2,1H3. The maximum absolute atomic E-state index is 13.1. The van der Waals surface area contributed by atoms with Gasteiger partial charge in [0.1, 0.15) is 0 Å². The first-order valence-corrected chi connectivity index (χ1v) is 5.46. The Labute approximate surface area is 106 Å². The van der Waals surface area contributed by atoms with E-state index >= 15 is 0 Å². The number of pyridine rings is 1. The van der Waals surface area contributed by atoms with Crippen molar-refractivity contribution in [1.29, 1.82) is 0 Å². The molecular formula is C10H10ClF3N4. The van der Waals surface area contributed by atoms with Crippen molar-refractivity contribution in [2.24, 2.45) is 16.0 Å². The number of nitrogens with two attached hydrogens (primary N) is 1. The van der Waals surface area contributed by atoms with Gasteiger partial charge in [-0.2, -0.15) is 23.4 Å². The molecule has 2 N–H and O–H groups in total. The number of azo groups is 1. The van der Waals surface area contributed by atoms with Crippen LogP contribution in [0.2, 0.25) is 0 Å². The number of hydrogen-bond acceptors (Lipinski definition) is 4. The van der Waals surface area contributed by atoms with Crippen molar-refractivity contribution >= 4 is 11.6 Å². The van der Waals surface area contributed by atoms with Crippen LogP contribution in [0.25, 0.3) is 0 Å². The van der Waals surface area contributed by atoms with Gasteiger partial charge in [-0.1, -0.05) is 17.7 Å². The van der Waals surface area contributed by atoms with Crippen LogP contribution in [0.3, 0.4) is 0 Å². The number of hydrogen-bond donors (Lipinski definition) is 1. The Morgan fingerprint density at radius 2 is 2.00 bits per heavy atom. The van der Waals surface area contributed by atoms with Crippen molar-refractivity contribution in [3.05, 3.63) is 30.1 Å². The van der Waals surface area contributed by atoms with E-state index < -0.39 is 22.8 Å². The van der Waals surface area contributed by atoms with Crippen molar-refractivity contribution in [3.8, 4) is 0 Å². The van der Waals surface area contributed by atoms with Gasteiger partial charge in [-0.25, -0.2) is 0 Å². The molecule has 1 aliphatic heterocycles. The molecule has 0 fully saturated rings. The summed E-state index contributed by atoms with van der Waals surface area (Å²) in [6.07, 6.45) is -3.39. The van der Waals surface area contributed by atoms with Gasteiger partial charge >= 0.3 is 6.18 Å². The van der Waals surface area contributed by atoms with Gasteiger partial charge in [-0.3, -0.25) is 10.7 Å². The number of aromatic nitrogens is 1. The molecule has 8 heteroatoms. The maximum atomic E-state index is 13.1. The van der Waals surface area contributed by atoms with E-state index in [2.05, 4.69) is 15.2 Å². The van der Waals surface area contributed by atoms with Crippen molar-refractivity contribution in [2.75, 3.05) is 0 Å². The molecule has 0 aromatic carbocycles. The fraction of sp³-hybridized carbons (Fsp3) is 0.500. The summed E-state index contributed by atoms with van der Waals surface area (Å²) in [5.74, 6) is -1.37. The molecule has 1 aromatic heterocycles. The third kappa shape index (κ3) is 1.87. The lowest BCUT2D eigenvalue weighted by Gasteiger charge is -2.33. The molecule has 0 amide bonds. The van der Waals surface area contributed by atoms with Crippen molar-refractivity contribution in [1.82, 2.24) is 4.98 Å². The van der Waals surface area contributed by atoms with Crippen LogP contribution in [-0.4, -0.2) is 21.8 Å². The second-order valence-corrected chi connectivity index (χ2v) is 5.00. The van der Waals surface area contributed by atoms with Crippen LogP contribution < -0.4 is 5.73 Å². The van der Waals surface area contributed by atoms with Crippen molar-refractivity contribution in [2.45, 2.75) is 29.7 Å². The average molecular weight is 279 g/mol. The molecule has 0 saturated carbocycles. The highest BCUT2D eigenvalue weighted by Crippen LogP contribution is 2.53. The van der Waals surface area contributed by atoms with Crippen molar-refractivity contribution < 1.29 is 13.2 Å². The van der Waals surface area contributed by atoms with Crippen LogP contribution in [0.1, 0.15) is 18.5 Å². The first-order chi connectivity index (χ1) is 8.18. The monoisotopic (exact) mass is 278 g/mol. The number of nitrogens with zero attached hydrogens (tertiary/aromatic N) is 3. The zero-order valence-electron chi connectivity index (χ0n) is 9.32. The van der Waals surface area contributed by atoms with E-state index in [1.54, 1.807) is 12.1 Å². The van der Waals surface area contributed by atoms with Crippen LogP contribution in [0.4, 0.5) is 13.2 Å². The lowest BCUT2D eigenvalue weighted by Crippen LogP contribution is -2.57. The minimum atomic E-state index is -4.76. The molecule has 3 atom stereocenters. The summed E-state index contributed by atoms with van der Waals surface area (Å²) in [7, 11) is 0. The molecule has 0 bridgehead atoms. The largest absolute Gasteiger partial charge is 0.429 e. The summed E-state index contributed by atoms with van der Waals surface area (Å²) in [6.45, 7) is 1.33. The van der Waals surface area contributed by atoms with Crippen LogP contribution in [-0.2, 0) is 0 Å². The van der Waals surface area contributed by atoms with Crippen molar-refractivity contribution in [3.63, 3.8) is 0 Å². The normalized spacial score (nSPS) is 36.0. The molecule has 0 spiro atoms. The predicted octanol–water partition coefficient (Wildman–Crippen LogP) is 2.80. The summed E-state index contributed by atoms with van der Waals surface area (Å²) < 4.78 is 39.2. The van der Waals surface area contributed by atoms with Crippen LogP contribution >= 0.6 is 11.6 Å². The van der Waals surface area contributed by atoms with Gasteiger partial charge in [-0.05, 0) is 19.1 Å². The quantitative estimate of drug-likeness (QED) is 0.634. The van der Waals surface area contributed by atoms with E-state index in [0.29, 0.717) is 0 Å². The molecular weight excluding hydrogens is 269 g/mol. The SMILES string of the molecule is CC1(Cl)N=NC(N)(C(F)(F)F)C1c1ccccn1. The van der Waals surface area contributed by atoms with Crippen LogP contribution in [0.15, 0.2) is 34.6 Å². The second kappa shape index (κ2) is 3.89. The third-order valence-corrected chi connectivity index (χ3v) is 3.11. The molecule has 0 aliphatic carbocycles.